The molecule has 0 aromatic carbocycles. The lowest BCUT2D eigenvalue weighted by molar-refractivity contribution is -0.0271. The molecule has 122 valence electrons. The van der Waals surface area contributed by atoms with E-state index in [0.717, 1.165) is 0 Å². The van der Waals surface area contributed by atoms with Gasteiger partial charge in [-0.3, -0.25) is 9.55 Å². The highest BCUT2D eigenvalue weighted by Gasteiger charge is 2.37. The molecular weight excluding hydrogens is 353 g/mol. The van der Waals surface area contributed by atoms with Gasteiger partial charge in [-0.05, 0) is 12.8 Å². The van der Waals surface area contributed by atoms with Gasteiger partial charge < -0.3 is 4.74 Å². The number of aromatic nitrogens is 2. The van der Waals surface area contributed by atoms with Gasteiger partial charge in [0.2, 0.25) is 0 Å². The normalized spacial score (nSPS) is 21.3. The van der Waals surface area contributed by atoms with E-state index in [1.54, 1.807) is 0 Å². The first-order valence-corrected chi connectivity index (χ1v) is 8.57. The first kappa shape index (κ1) is 19.7. The Morgan fingerprint density at radius 3 is 2.77 bits per heavy atom. The zero-order valence-corrected chi connectivity index (χ0v) is 14.1. The average Bonchev–Trinajstić information content (AvgIpc) is 2.91. The lowest BCUT2D eigenvalue weighted by Gasteiger charge is -2.15. The molecule has 1 aromatic heterocycles. The Balaban J connectivity index is 0.00000116. The molecule has 0 saturated carbocycles. The summed E-state index contributed by atoms with van der Waals surface area (Å²) in [6, 6.07) is 0. The van der Waals surface area contributed by atoms with E-state index in [2.05, 4.69) is 17.4 Å². The van der Waals surface area contributed by atoms with E-state index in [0.29, 0.717) is 12.8 Å². The Kier molecular flexibility index (Phi) is 7.63. The lowest BCUT2D eigenvalue weighted by Crippen LogP contribution is -2.27. The molecule has 2 atom stereocenters. The minimum atomic E-state index is -4.27. The van der Waals surface area contributed by atoms with Gasteiger partial charge in [-0.1, -0.05) is 30.6 Å². The predicted molar refractivity (Wildman–Crippen MR) is 85.2 cm³/mol. The molecule has 4 N–H and O–H groups in total. The molecule has 0 amide bonds. The van der Waals surface area contributed by atoms with Crippen LogP contribution in [0.3, 0.4) is 0 Å². The third-order valence-corrected chi connectivity index (χ3v) is 3.97. The minimum Gasteiger partial charge on any atom is -0.352 e. The lowest BCUT2D eigenvalue weighted by atomic mass is 10.2. The SMILES string of the molecule is O=c1[nH]c(=S)c(Cl)cn1C1CCC(CO[P+](O)(O)O)O1.[B]C. The summed E-state index contributed by atoms with van der Waals surface area (Å²) >= 11 is 10.7. The molecule has 8 nitrogen and oxygen atoms in total. The number of halogens is 1. The Morgan fingerprint density at radius 1 is 1.55 bits per heavy atom. The van der Waals surface area contributed by atoms with Crippen LogP contribution in [0, 0.1) is 4.64 Å². The highest BCUT2D eigenvalue weighted by Crippen LogP contribution is 2.46. The molecule has 2 radical (unpaired) electrons. The molecule has 0 bridgehead atoms. The Hall–Kier alpha value is -0.315. The number of ether oxygens (including phenoxy) is 1. The third-order valence-electron chi connectivity index (χ3n) is 2.75. The molecule has 0 spiro atoms. The van der Waals surface area contributed by atoms with E-state index in [9.17, 15) is 4.79 Å². The van der Waals surface area contributed by atoms with Gasteiger partial charge in [0.25, 0.3) is 0 Å². The molecule has 2 unspecified atom stereocenters. The molecule has 1 aromatic rings. The smallest absolute Gasteiger partial charge is 0.352 e. The van der Waals surface area contributed by atoms with Crippen LogP contribution < -0.4 is 5.69 Å². The first-order chi connectivity index (χ1) is 10.3. The molecule has 1 aliphatic rings. The van der Waals surface area contributed by atoms with Gasteiger partial charge in [0.1, 0.15) is 17.5 Å². The first-order valence-electron chi connectivity index (χ1n) is 6.22. The highest BCUT2D eigenvalue weighted by molar-refractivity contribution is 7.71. The Bertz CT molecular complexity index is 606. The van der Waals surface area contributed by atoms with Crippen LogP contribution >= 0.6 is 32.0 Å². The summed E-state index contributed by atoms with van der Waals surface area (Å²) in [7, 11) is 0.227. The van der Waals surface area contributed by atoms with Gasteiger partial charge >= 0.3 is 13.9 Å². The monoisotopic (exact) mass is 369 g/mol. The topological polar surface area (TPSA) is 117 Å². The van der Waals surface area contributed by atoms with Crippen LogP contribution in [0.5, 0.6) is 0 Å². The van der Waals surface area contributed by atoms with E-state index in [-0.39, 0.29) is 16.3 Å². The number of hydrogen-bond acceptors (Lipinski definition) is 7. The molecule has 12 heteroatoms. The second-order valence-corrected chi connectivity index (χ2v) is 6.34. The van der Waals surface area contributed by atoms with Crippen molar-refractivity contribution in [2.45, 2.75) is 32.0 Å². The molecule has 1 fully saturated rings. The maximum absolute atomic E-state index is 11.8. The van der Waals surface area contributed by atoms with E-state index in [1.807, 2.05) is 0 Å². The van der Waals surface area contributed by atoms with Gasteiger partial charge in [-0.15, -0.1) is 0 Å². The number of rotatable bonds is 4. The van der Waals surface area contributed by atoms with Crippen molar-refractivity contribution < 1.29 is 23.9 Å². The van der Waals surface area contributed by atoms with E-state index in [4.69, 9.17) is 43.2 Å². The molecule has 1 aliphatic heterocycles. The summed E-state index contributed by atoms with van der Waals surface area (Å²) in [5.74, 6) is 0. The number of nitrogens with zero attached hydrogens (tertiary/aromatic N) is 1. The fourth-order valence-electron chi connectivity index (χ4n) is 1.87. The Labute approximate surface area is 138 Å². The molecule has 22 heavy (non-hydrogen) atoms. The predicted octanol–water partition coefficient (Wildman–Crippen LogP) is 1.11. The summed E-state index contributed by atoms with van der Waals surface area (Å²) < 4.78 is 11.4. The highest BCUT2D eigenvalue weighted by atomic mass is 35.5. The van der Waals surface area contributed by atoms with Gasteiger partial charge in [0.15, 0.2) is 0 Å². The van der Waals surface area contributed by atoms with Crippen LogP contribution in [-0.4, -0.2) is 44.8 Å². The van der Waals surface area contributed by atoms with E-state index >= 15 is 0 Å². The molecule has 2 heterocycles. The van der Waals surface area contributed by atoms with Crippen LogP contribution in [0.1, 0.15) is 19.1 Å². The van der Waals surface area contributed by atoms with E-state index < -0.39 is 26.2 Å². The van der Waals surface area contributed by atoms with Crippen molar-refractivity contribution in [2.24, 2.45) is 0 Å². The fraction of sp³-hybridized carbons (Fsp3) is 0.600. The fourth-order valence-corrected chi connectivity index (χ4v) is 2.53. The number of nitrogens with one attached hydrogen (secondary N) is 1. The number of aromatic amines is 1. The van der Waals surface area contributed by atoms with Crippen LogP contribution in [0.25, 0.3) is 0 Å². The summed E-state index contributed by atoms with van der Waals surface area (Å²) in [5.41, 5.74) is -0.445. The van der Waals surface area contributed by atoms with Crippen molar-refractivity contribution in [3.05, 3.63) is 26.3 Å². The zero-order valence-electron chi connectivity index (χ0n) is 11.7. The van der Waals surface area contributed by atoms with Crippen molar-refractivity contribution in [3.63, 3.8) is 0 Å². The Morgan fingerprint density at radius 2 is 2.18 bits per heavy atom. The van der Waals surface area contributed by atoms with E-state index in [1.165, 1.54) is 17.6 Å². The molecule has 1 saturated heterocycles. The largest absolute Gasteiger partial charge is 0.567 e. The summed E-state index contributed by atoms with van der Waals surface area (Å²) in [4.78, 5) is 40.4. The average molecular weight is 370 g/mol. The quantitative estimate of drug-likeness (QED) is 0.357. The number of hydrogen-bond donors (Lipinski definition) is 4. The summed E-state index contributed by atoms with van der Waals surface area (Å²) in [6.07, 6.45) is 1.43. The second-order valence-electron chi connectivity index (χ2n) is 4.24. The molecule has 2 rings (SSSR count). The van der Waals surface area contributed by atoms with Crippen molar-refractivity contribution in [2.75, 3.05) is 6.61 Å². The van der Waals surface area contributed by atoms with Crippen LogP contribution in [-0.2, 0) is 9.26 Å². The standard InChI is InChI=1S/C9H12ClN2O6PS.CH3B/c10-6-3-12(9(13)11-8(6)20)7-2-1-5(18-7)4-17-19(14,15)16;1-2/h3,5,7,14-16H,1-2,4H2;1H3/p+1. The van der Waals surface area contributed by atoms with Gasteiger partial charge in [-0.25, -0.2) is 4.79 Å². The maximum Gasteiger partial charge on any atom is 0.567 e. The van der Waals surface area contributed by atoms with Crippen LogP contribution in [0.15, 0.2) is 11.0 Å². The minimum absolute atomic E-state index is 0.154. The van der Waals surface area contributed by atoms with Crippen molar-refractivity contribution in [1.29, 1.82) is 0 Å². The van der Waals surface area contributed by atoms with Gasteiger partial charge in [0.05, 0.1) is 19.0 Å². The van der Waals surface area contributed by atoms with Crippen molar-refractivity contribution in [3.8, 4) is 0 Å². The summed E-state index contributed by atoms with van der Waals surface area (Å²) in [5, 5.41) is 0.230. The molecular formula is C10H16BClN2O6PS+. The number of H-pyrrole nitrogens is 1. The summed E-state index contributed by atoms with van der Waals surface area (Å²) in [6.45, 7) is 1.32. The zero-order chi connectivity index (χ0) is 16.9. The van der Waals surface area contributed by atoms with Crippen molar-refractivity contribution in [1.82, 2.24) is 9.55 Å². The van der Waals surface area contributed by atoms with Crippen molar-refractivity contribution >= 4 is 39.8 Å². The third kappa shape index (κ3) is 5.71. The van der Waals surface area contributed by atoms with Gasteiger partial charge in [0, 0.05) is 6.20 Å². The van der Waals surface area contributed by atoms with Crippen LogP contribution in [0.2, 0.25) is 11.8 Å². The molecule has 0 aliphatic carbocycles. The second kappa shape index (κ2) is 8.51. The maximum atomic E-state index is 11.8. The van der Waals surface area contributed by atoms with Gasteiger partial charge in [-0.2, -0.15) is 19.2 Å². The van der Waals surface area contributed by atoms with Crippen LogP contribution in [0.4, 0.5) is 0 Å².